The van der Waals surface area contributed by atoms with Gasteiger partial charge in [-0.1, -0.05) is 12.1 Å². The highest BCUT2D eigenvalue weighted by atomic mass is 32.3. The van der Waals surface area contributed by atoms with E-state index in [9.17, 15) is 9.00 Å². The average Bonchev–Trinajstić information content (AvgIpc) is 3.36. The normalized spacial score (nSPS) is 16.7. The van der Waals surface area contributed by atoms with Crippen molar-refractivity contribution in [2.75, 3.05) is 23.3 Å². The van der Waals surface area contributed by atoms with Crippen LogP contribution in [-0.4, -0.2) is 22.4 Å². The molecule has 2 aromatic carbocycles. The lowest BCUT2D eigenvalue weighted by molar-refractivity contribution is 0.102. The number of benzene rings is 2. The fourth-order valence-electron chi connectivity index (χ4n) is 3.17. The van der Waals surface area contributed by atoms with E-state index < -0.39 is 10.1 Å². The molecule has 7 heteroatoms. The molecule has 4 N–H and O–H groups in total. The smallest absolute Gasteiger partial charge is 0.255 e. The maximum atomic E-state index is 12.8. The van der Waals surface area contributed by atoms with Crippen molar-refractivity contribution in [2.24, 2.45) is 0 Å². The van der Waals surface area contributed by atoms with Gasteiger partial charge < -0.3 is 11.1 Å². The number of carbonyl (C=O) groups is 1. The second-order valence-corrected chi connectivity index (χ2v) is 10.2. The molecule has 0 bridgehead atoms. The summed E-state index contributed by atoms with van der Waals surface area (Å²) in [6.07, 6.45) is 0.916. The molecule has 2 heterocycles. The minimum absolute atomic E-state index is 0.241. The highest BCUT2D eigenvalue weighted by Gasteiger charge is 2.22. The number of nitrogens with one attached hydrogen (secondary N) is 2. The first-order valence-corrected chi connectivity index (χ1v) is 11.5. The quantitative estimate of drug-likeness (QED) is 0.400. The minimum Gasteiger partial charge on any atom is -0.397 e. The van der Waals surface area contributed by atoms with Gasteiger partial charge in [0, 0.05) is 27.6 Å². The summed E-state index contributed by atoms with van der Waals surface area (Å²) in [5.41, 5.74) is 8.65. The molecule has 1 aliphatic rings. The van der Waals surface area contributed by atoms with Crippen LogP contribution < -0.4 is 15.8 Å². The summed E-state index contributed by atoms with van der Waals surface area (Å²) < 4.78 is 15.9. The first kappa shape index (κ1) is 17.9. The molecule has 1 fully saturated rings. The van der Waals surface area contributed by atoms with Gasteiger partial charge in [-0.3, -0.25) is 13.7 Å². The van der Waals surface area contributed by atoms with Gasteiger partial charge >= 0.3 is 0 Å². The van der Waals surface area contributed by atoms with Crippen molar-refractivity contribution in [3.8, 4) is 10.4 Å². The average molecular weight is 400 g/mol. The number of hydrogen-bond acceptors (Lipinski definition) is 4. The van der Waals surface area contributed by atoms with Crippen molar-refractivity contribution in [2.45, 2.75) is 11.3 Å². The van der Waals surface area contributed by atoms with Crippen molar-refractivity contribution >= 4 is 38.7 Å². The summed E-state index contributed by atoms with van der Waals surface area (Å²) in [4.78, 5) is 14.5. The van der Waals surface area contributed by atoms with Gasteiger partial charge in [-0.25, -0.2) is 0 Å². The molecule has 1 amide bonds. The zero-order valence-electron chi connectivity index (χ0n) is 14.6. The molecule has 0 atom stereocenters. The zero-order chi connectivity index (χ0) is 18.9. The third-order valence-corrected chi connectivity index (χ3v) is 8.40. The number of carbonyl (C=O) groups excluding carboxylic acids is 1. The Morgan fingerprint density at radius 3 is 2.63 bits per heavy atom. The largest absolute Gasteiger partial charge is 0.397 e. The van der Waals surface area contributed by atoms with Crippen LogP contribution in [0.25, 0.3) is 10.4 Å². The van der Waals surface area contributed by atoms with Crippen molar-refractivity contribution in [3.63, 3.8) is 0 Å². The summed E-state index contributed by atoms with van der Waals surface area (Å²) in [7, 11) is -2.48. The Morgan fingerprint density at radius 2 is 1.96 bits per heavy atom. The van der Waals surface area contributed by atoms with Gasteiger partial charge in [-0.2, -0.15) is 0 Å². The van der Waals surface area contributed by atoms with Crippen molar-refractivity contribution < 1.29 is 9.00 Å². The molecule has 1 aliphatic heterocycles. The number of anilines is 2. The summed E-state index contributed by atoms with van der Waals surface area (Å²) in [6, 6.07) is 16.6. The van der Waals surface area contributed by atoms with E-state index in [2.05, 4.69) is 10.0 Å². The first-order chi connectivity index (χ1) is 13.0. The van der Waals surface area contributed by atoms with E-state index in [0.717, 1.165) is 28.3 Å². The lowest BCUT2D eigenvalue weighted by atomic mass is 10.1. The first-order valence-electron chi connectivity index (χ1n) is 8.75. The predicted octanol–water partition coefficient (Wildman–Crippen LogP) is 3.53. The molecule has 0 unspecified atom stereocenters. The molecule has 0 spiro atoms. The van der Waals surface area contributed by atoms with E-state index in [4.69, 9.17) is 5.73 Å². The van der Waals surface area contributed by atoms with Crippen LogP contribution in [0, 0.1) is 0 Å². The van der Waals surface area contributed by atoms with E-state index in [1.807, 2.05) is 29.6 Å². The molecule has 0 aliphatic carbocycles. The van der Waals surface area contributed by atoms with Crippen molar-refractivity contribution in [1.82, 2.24) is 4.72 Å². The SMILES string of the molecule is Nc1ccc(-c2cccs2)cc1NC(=O)c1ccc([SH]2(=O)CCCN2)cc1. The Balaban J connectivity index is 1.54. The summed E-state index contributed by atoms with van der Waals surface area (Å²) in [5.74, 6) is 0.430. The zero-order valence-corrected chi connectivity index (χ0v) is 16.4. The molecular weight excluding hydrogens is 378 g/mol. The molecule has 4 rings (SSSR count). The number of nitrogen functional groups attached to an aromatic ring is 1. The van der Waals surface area contributed by atoms with Crippen LogP contribution >= 0.6 is 11.3 Å². The van der Waals surface area contributed by atoms with Crippen LogP contribution in [0.5, 0.6) is 0 Å². The Bertz CT molecular complexity index is 1000. The lowest BCUT2D eigenvalue weighted by Crippen LogP contribution is -2.26. The monoisotopic (exact) mass is 399 g/mol. The van der Waals surface area contributed by atoms with E-state index in [1.165, 1.54) is 0 Å². The maximum Gasteiger partial charge on any atom is 0.255 e. The number of thiophene rings is 1. The van der Waals surface area contributed by atoms with E-state index >= 15 is 0 Å². The van der Waals surface area contributed by atoms with Crippen LogP contribution in [0.3, 0.4) is 0 Å². The summed E-state index contributed by atoms with van der Waals surface area (Å²) in [5, 5.41) is 4.89. The van der Waals surface area contributed by atoms with Gasteiger partial charge in [0.1, 0.15) is 0 Å². The molecule has 3 aromatic rings. The van der Waals surface area contributed by atoms with E-state index in [-0.39, 0.29) is 5.91 Å². The number of amides is 1. The number of hydrogen-bond donors (Lipinski definition) is 4. The number of rotatable bonds is 4. The molecule has 0 saturated carbocycles. The molecule has 27 heavy (non-hydrogen) atoms. The lowest BCUT2D eigenvalue weighted by Gasteiger charge is -2.18. The second-order valence-electron chi connectivity index (χ2n) is 6.51. The van der Waals surface area contributed by atoms with Gasteiger partial charge in [-0.15, -0.1) is 11.3 Å². The van der Waals surface area contributed by atoms with Crippen molar-refractivity contribution in [3.05, 3.63) is 65.5 Å². The second kappa shape index (κ2) is 7.26. The van der Waals surface area contributed by atoms with Crippen LogP contribution in [0.15, 0.2) is 64.9 Å². The Labute approximate surface area is 163 Å². The fourth-order valence-corrected chi connectivity index (χ4v) is 6.25. The van der Waals surface area contributed by atoms with E-state index in [0.29, 0.717) is 22.7 Å². The van der Waals surface area contributed by atoms with Crippen LogP contribution in [-0.2, 0) is 10.1 Å². The highest BCUT2D eigenvalue weighted by molar-refractivity contribution is 8.01. The molecule has 0 radical (unpaired) electrons. The Hall–Kier alpha value is -2.48. The third-order valence-electron chi connectivity index (χ3n) is 4.67. The highest BCUT2D eigenvalue weighted by Crippen LogP contribution is 2.30. The molecule has 1 aromatic heterocycles. The summed E-state index contributed by atoms with van der Waals surface area (Å²) in [6.45, 7) is 0.777. The van der Waals surface area contributed by atoms with Gasteiger partial charge in [-0.05, 0) is 69.9 Å². The molecule has 5 nitrogen and oxygen atoms in total. The minimum atomic E-state index is -2.48. The topological polar surface area (TPSA) is 84.2 Å². The third kappa shape index (κ3) is 3.66. The predicted molar refractivity (Wildman–Crippen MR) is 114 cm³/mol. The van der Waals surface area contributed by atoms with Crippen molar-refractivity contribution in [1.29, 1.82) is 0 Å². The van der Waals surface area contributed by atoms with Crippen LogP contribution in [0.2, 0.25) is 0 Å². The fraction of sp³-hybridized carbons (Fsp3) is 0.150. The van der Waals surface area contributed by atoms with Gasteiger partial charge in [0.05, 0.1) is 11.4 Å². The van der Waals surface area contributed by atoms with Crippen LogP contribution in [0.4, 0.5) is 11.4 Å². The number of nitrogens with two attached hydrogens (primary N) is 1. The van der Waals surface area contributed by atoms with E-state index in [1.54, 1.807) is 41.7 Å². The Kier molecular flexibility index (Phi) is 4.82. The maximum absolute atomic E-state index is 12.8. The van der Waals surface area contributed by atoms with Crippen LogP contribution in [0.1, 0.15) is 16.8 Å². The van der Waals surface area contributed by atoms with Gasteiger partial charge in [0.25, 0.3) is 5.91 Å². The van der Waals surface area contributed by atoms with Gasteiger partial charge in [0.2, 0.25) is 0 Å². The standard InChI is InChI=1S/C20H21N3O2S2/c21-17-9-6-15(19-3-1-11-26-19)13-18(17)23-20(24)14-4-7-16(8-5-14)27(25)12-2-10-22-27/h1,3-9,11,13,27H,2,10,12,21H2,(H,22,25)(H,23,24). The number of thiol groups is 1. The summed E-state index contributed by atoms with van der Waals surface area (Å²) >= 11 is 1.63. The Morgan fingerprint density at radius 1 is 1.15 bits per heavy atom. The molecule has 1 saturated heterocycles. The molecular formula is C20H21N3O2S2. The van der Waals surface area contributed by atoms with Gasteiger partial charge in [0.15, 0.2) is 0 Å². The molecule has 140 valence electrons.